The van der Waals surface area contributed by atoms with Crippen molar-refractivity contribution in [2.45, 2.75) is 51.3 Å². The number of pyridine rings is 1. The Balaban J connectivity index is 1.59. The molecule has 164 valence electrons. The maximum Gasteiger partial charge on any atom is 0.243 e. The van der Waals surface area contributed by atoms with Crippen LogP contribution in [-0.2, 0) is 29.3 Å². The molecule has 6 nitrogen and oxygen atoms in total. The molecule has 2 heterocycles. The first-order valence-electron chi connectivity index (χ1n) is 11.1. The summed E-state index contributed by atoms with van der Waals surface area (Å²) < 4.78 is 27.6. The second-order valence-corrected chi connectivity index (χ2v) is 10.9. The highest BCUT2D eigenvalue weighted by Gasteiger charge is 2.32. The number of sulfonamides is 1. The van der Waals surface area contributed by atoms with Crippen molar-refractivity contribution in [1.29, 1.82) is 5.26 Å². The first-order chi connectivity index (χ1) is 14.8. The third kappa shape index (κ3) is 4.19. The lowest BCUT2D eigenvalue weighted by Crippen LogP contribution is -2.49. The largest absolute Gasteiger partial charge is 0.353 e. The predicted octanol–water partition coefficient (Wildman–Crippen LogP) is 3.46. The Morgan fingerprint density at radius 3 is 2.32 bits per heavy atom. The second kappa shape index (κ2) is 8.60. The number of aryl methyl sites for hydroxylation is 1. The SMILES string of the molecule is Cc1ccc(S(=O)(=O)N2CCN(c3nc(CC(C)C)c4c(c3C#N)CCC4)CC2)cc1. The number of benzene rings is 1. The van der Waals surface area contributed by atoms with Gasteiger partial charge in [-0.15, -0.1) is 0 Å². The molecule has 2 aromatic rings. The third-order valence-electron chi connectivity index (χ3n) is 6.24. The lowest BCUT2D eigenvalue weighted by molar-refractivity contribution is 0.383. The summed E-state index contributed by atoms with van der Waals surface area (Å²) in [5.74, 6) is 1.24. The molecule has 0 saturated carbocycles. The van der Waals surface area contributed by atoms with Crippen molar-refractivity contribution in [2.75, 3.05) is 31.1 Å². The maximum absolute atomic E-state index is 13.0. The van der Waals surface area contributed by atoms with Gasteiger partial charge in [-0.3, -0.25) is 0 Å². The van der Waals surface area contributed by atoms with Gasteiger partial charge in [0.15, 0.2) is 0 Å². The quantitative estimate of drug-likeness (QED) is 0.714. The average Bonchev–Trinajstić information content (AvgIpc) is 3.24. The van der Waals surface area contributed by atoms with E-state index >= 15 is 0 Å². The molecule has 1 aliphatic heterocycles. The number of anilines is 1. The van der Waals surface area contributed by atoms with Crippen LogP contribution in [0.25, 0.3) is 0 Å². The zero-order valence-electron chi connectivity index (χ0n) is 18.6. The zero-order valence-corrected chi connectivity index (χ0v) is 19.4. The Kier molecular flexibility index (Phi) is 6.05. The van der Waals surface area contributed by atoms with Crippen molar-refractivity contribution in [2.24, 2.45) is 5.92 Å². The summed E-state index contributed by atoms with van der Waals surface area (Å²) in [6.07, 6.45) is 3.91. The molecule has 0 spiro atoms. The van der Waals surface area contributed by atoms with Gasteiger partial charge < -0.3 is 4.90 Å². The van der Waals surface area contributed by atoms with Crippen LogP contribution in [-0.4, -0.2) is 43.9 Å². The molecule has 0 amide bonds. The molecule has 1 saturated heterocycles. The van der Waals surface area contributed by atoms with E-state index in [1.165, 1.54) is 5.56 Å². The molecule has 0 atom stereocenters. The van der Waals surface area contributed by atoms with Crippen LogP contribution in [0.5, 0.6) is 0 Å². The Hall–Kier alpha value is -2.43. The summed E-state index contributed by atoms with van der Waals surface area (Å²) in [7, 11) is -3.51. The molecule has 1 aliphatic carbocycles. The first-order valence-corrected chi connectivity index (χ1v) is 12.5. The van der Waals surface area contributed by atoms with Crippen molar-refractivity contribution in [3.63, 3.8) is 0 Å². The van der Waals surface area contributed by atoms with Gasteiger partial charge in [0.2, 0.25) is 10.0 Å². The number of fused-ring (bicyclic) bond motifs is 1. The van der Waals surface area contributed by atoms with Gasteiger partial charge in [0.1, 0.15) is 11.9 Å². The Morgan fingerprint density at radius 2 is 1.71 bits per heavy atom. The van der Waals surface area contributed by atoms with Gasteiger partial charge in [-0.2, -0.15) is 9.57 Å². The molecule has 1 aromatic heterocycles. The van der Waals surface area contributed by atoms with E-state index in [1.807, 2.05) is 19.1 Å². The summed E-state index contributed by atoms with van der Waals surface area (Å²) >= 11 is 0. The van der Waals surface area contributed by atoms with Gasteiger partial charge in [-0.25, -0.2) is 13.4 Å². The van der Waals surface area contributed by atoms with Crippen LogP contribution in [0.4, 0.5) is 5.82 Å². The van der Waals surface area contributed by atoms with E-state index in [0.29, 0.717) is 42.6 Å². The van der Waals surface area contributed by atoms with Gasteiger partial charge in [0.05, 0.1) is 10.5 Å². The molecule has 4 rings (SSSR count). The Labute approximate surface area is 185 Å². The highest BCUT2D eigenvalue weighted by atomic mass is 32.2. The molecule has 0 radical (unpaired) electrons. The summed E-state index contributed by atoms with van der Waals surface area (Å²) in [4.78, 5) is 7.40. The maximum atomic E-state index is 13.0. The number of aromatic nitrogens is 1. The fraction of sp³-hybridized carbons (Fsp3) is 0.500. The van der Waals surface area contributed by atoms with E-state index in [0.717, 1.165) is 48.3 Å². The van der Waals surface area contributed by atoms with E-state index in [9.17, 15) is 13.7 Å². The standard InChI is InChI=1S/C24H30N4O2S/c1-17(2)15-23-21-6-4-5-20(21)22(16-25)24(26-23)27-11-13-28(14-12-27)31(29,30)19-9-7-18(3)8-10-19/h7-10,17H,4-6,11-15H2,1-3H3. The Morgan fingerprint density at radius 1 is 1.06 bits per heavy atom. The number of rotatable bonds is 5. The average molecular weight is 439 g/mol. The fourth-order valence-corrected chi connectivity index (χ4v) is 6.05. The third-order valence-corrected chi connectivity index (χ3v) is 8.16. The van der Waals surface area contributed by atoms with E-state index in [2.05, 4.69) is 24.8 Å². The van der Waals surface area contributed by atoms with Crippen LogP contribution in [0.15, 0.2) is 29.2 Å². The molecule has 1 fully saturated rings. The van der Waals surface area contributed by atoms with E-state index in [-0.39, 0.29) is 0 Å². The summed E-state index contributed by atoms with van der Waals surface area (Å²) in [6.45, 7) is 8.17. The number of hydrogen-bond acceptors (Lipinski definition) is 5. The monoisotopic (exact) mass is 438 g/mol. The van der Waals surface area contributed by atoms with Gasteiger partial charge in [-0.05, 0) is 61.8 Å². The molecule has 31 heavy (non-hydrogen) atoms. The van der Waals surface area contributed by atoms with Crippen LogP contribution >= 0.6 is 0 Å². The van der Waals surface area contributed by atoms with Crippen molar-refractivity contribution < 1.29 is 8.42 Å². The minimum Gasteiger partial charge on any atom is -0.353 e. The van der Waals surface area contributed by atoms with Gasteiger partial charge in [0, 0.05) is 31.9 Å². The molecular formula is C24H30N4O2S. The normalized spacial score (nSPS) is 17.1. The molecule has 1 aromatic carbocycles. The zero-order chi connectivity index (χ0) is 22.2. The van der Waals surface area contributed by atoms with Crippen LogP contribution in [0.1, 0.15) is 48.2 Å². The van der Waals surface area contributed by atoms with Gasteiger partial charge >= 0.3 is 0 Å². The molecule has 0 N–H and O–H groups in total. The topological polar surface area (TPSA) is 77.3 Å². The number of hydrogen-bond donors (Lipinski definition) is 0. The predicted molar refractivity (Wildman–Crippen MR) is 122 cm³/mol. The van der Waals surface area contributed by atoms with Crippen molar-refractivity contribution in [1.82, 2.24) is 9.29 Å². The van der Waals surface area contributed by atoms with Crippen LogP contribution in [0.2, 0.25) is 0 Å². The molecule has 0 bridgehead atoms. The summed E-state index contributed by atoms with van der Waals surface area (Å²) in [5, 5.41) is 9.92. The smallest absolute Gasteiger partial charge is 0.243 e. The van der Waals surface area contributed by atoms with Crippen LogP contribution in [0, 0.1) is 24.2 Å². The van der Waals surface area contributed by atoms with Crippen LogP contribution < -0.4 is 4.90 Å². The number of piperazine rings is 1. The van der Waals surface area contributed by atoms with Crippen molar-refractivity contribution >= 4 is 15.8 Å². The minimum absolute atomic E-state index is 0.333. The fourth-order valence-electron chi connectivity index (χ4n) is 4.63. The second-order valence-electron chi connectivity index (χ2n) is 8.98. The summed E-state index contributed by atoms with van der Waals surface area (Å²) in [5.41, 5.74) is 5.28. The highest BCUT2D eigenvalue weighted by Crippen LogP contribution is 2.34. The van der Waals surface area contributed by atoms with Gasteiger partial charge in [0.25, 0.3) is 0 Å². The minimum atomic E-state index is -3.51. The summed E-state index contributed by atoms with van der Waals surface area (Å²) in [6, 6.07) is 9.41. The molecule has 7 heteroatoms. The van der Waals surface area contributed by atoms with E-state index in [1.54, 1.807) is 16.4 Å². The van der Waals surface area contributed by atoms with E-state index < -0.39 is 10.0 Å². The number of nitrogens with zero attached hydrogens (tertiary/aromatic N) is 4. The van der Waals surface area contributed by atoms with Crippen molar-refractivity contribution in [3.05, 3.63) is 52.2 Å². The Bertz CT molecular complexity index is 1110. The van der Waals surface area contributed by atoms with Crippen molar-refractivity contribution in [3.8, 4) is 6.07 Å². The first kappa shape index (κ1) is 21.8. The lowest BCUT2D eigenvalue weighted by atomic mass is 9.97. The van der Waals surface area contributed by atoms with Crippen LogP contribution in [0.3, 0.4) is 0 Å². The molecular weight excluding hydrogens is 408 g/mol. The molecule has 2 aliphatic rings. The lowest BCUT2D eigenvalue weighted by Gasteiger charge is -2.35. The number of nitriles is 1. The van der Waals surface area contributed by atoms with E-state index in [4.69, 9.17) is 4.98 Å². The van der Waals surface area contributed by atoms with Gasteiger partial charge in [-0.1, -0.05) is 31.5 Å². The molecule has 0 unspecified atom stereocenters. The highest BCUT2D eigenvalue weighted by molar-refractivity contribution is 7.89.